The number of aliphatic carboxylic acids is 1. The summed E-state index contributed by atoms with van der Waals surface area (Å²) in [5.74, 6) is -0.423. The zero-order valence-corrected chi connectivity index (χ0v) is 28.3. The summed E-state index contributed by atoms with van der Waals surface area (Å²) >= 11 is 0. The number of carboxylic acids is 1. The Morgan fingerprint density at radius 1 is 0.812 bits per heavy atom. The summed E-state index contributed by atoms with van der Waals surface area (Å²) in [4.78, 5) is 13.4. The van der Waals surface area contributed by atoms with Crippen LogP contribution < -0.4 is 14.8 Å². The molecule has 48 heavy (non-hydrogen) atoms. The molecule has 0 saturated heterocycles. The van der Waals surface area contributed by atoms with Crippen LogP contribution in [0.25, 0.3) is 33.4 Å². The van der Waals surface area contributed by atoms with E-state index < -0.39 is 16.1 Å². The van der Waals surface area contributed by atoms with Gasteiger partial charge in [-0.05, 0) is 63.1 Å². The molecule has 0 atom stereocenters. The Kier molecular flexibility index (Phi) is 8.68. The maximum absolute atomic E-state index is 12.5. The van der Waals surface area contributed by atoms with Crippen LogP contribution in [0.2, 0.25) is 0 Å². The van der Waals surface area contributed by atoms with Gasteiger partial charge in [-0.3, -0.25) is 4.79 Å². The van der Waals surface area contributed by atoms with Gasteiger partial charge in [0.2, 0.25) is 11.0 Å². The van der Waals surface area contributed by atoms with E-state index in [1.54, 1.807) is 12.1 Å². The van der Waals surface area contributed by atoms with Crippen molar-refractivity contribution in [3.63, 3.8) is 0 Å². The molecule has 0 radical (unpaired) electrons. The van der Waals surface area contributed by atoms with E-state index in [1.807, 2.05) is 86.5 Å². The van der Waals surface area contributed by atoms with E-state index in [0.717, 1.165) is 39.0 Å². The minimum atomic E-state index is -4.82. The fourth-order valence-electron chi connectivity index (χ4n) is 6.70. The molecular weight excluding hydrogens is 625 g/mol. The van der Waals surface area contributed by atoms with E-state index in [4.69, 9.17) is 4.42 Å². The molecule has 0 spiro atoms. The van der Waals surface area contributed by atoms with Crippen molar-refractivity contribution in [2.45, 2.75) is 39.0 Å². The SMILES string of the molecule is Cc1cccc(C)c1N(CCC(=O)O)c1ccc2c(-c3ccccc3S(=O)(=O)[O-])c3ccc(=[N+](C)c4c(C)cccc4C)cc-3oc2c1. The highest BCUT2D eigenvalue weighted by atomic mass is 32.2. The maximum Gasteiger partial charge on any atom is 0.305 e. The highest BCUT2D eigenvalue weighted by molar-refractivity contribution is 7.85. The van der Waals surface area contributed by atoms with Crippen molar-refractivity contribution in [3.8, 4) is 22.5 Å². The molecule has 9 heteroatoms. The number of aryl methyl sites for hydroxylation is 4. The number of anilines is 2. The van der Waals surface area contributed by atoms with Gasteiger partial charge in [0, 0.05) is 63.3 Å². The van der Waals surface area contributed by atoms with Gasteiger partial charge in [-0.25, -0.2) is 8.42 Å². The first-order chi connectivity index (χ1) is 22.8. The lowest BCUT2D eigenvalue weighted by Gasteiger charge is -2.28. The molecule has 2 aliphatic rings. The van der Waals surface area contributed by atoms with Gasteiger partial charge in [0.1, 0.15) is 28.5 Å². The van der Waals surface area contributed by atoms with Gasteiger partial charge in [0.05, 0.1) is 17.4 Å². The molecule has 0 aromatic heterocycles. The molecule has 6 rings (SSSR count). The fourth-order valence-corrected chi connectivity index (χ4v) is 7.38. The average Bonchev–Trinajstić information content (AvgIpc) is 3.03. The molecular formula is C39H36N2O6S. The lowest BCUT2D eigenvalue weighted by Crippen LogP contribution is -2.23. The number of fused-ring (bicyclic) bond motifs is 2. The van der Waals surface area contributed by atoms with Gasteiger partial charge in [-0.1, -0.05) is 54.6 Å². The van der Waals surface area contributed by atoms with Crippen molar-refractivity contribution >= 4 is 44.1 Å². The van der Waals surface area contributed by atoms with Crippen molar-refractivity contribution in [1.82, 2.24) is 4.58 Å². The normalized spacial score (nSPS) is 12.4. The van der Waals surface area contributed by atoms with Crippen molar-refractivity contribution in [2.75, 3.05) is 18.5 Å². The van der Waals surface area contributed by atoms with E-state index >= 15 is 0 Å². The summed E-state index contributed by atoms with van der Waals surface area (Å²) in [5.41, 5.74) is 8.80. The zero-order chi connectivity index (χ0) is 34.3. The topological polar surface area (TPSA) is 114 Å². The molecule has 1 heterocycles. The van der Waals surface area contributed by atoms with E-state index in [-0.39, 0.29) is 23.4 Å². The lowest BCUT2D eigenvalue weighted by molar-refractivity contribution is -0.136. The second kappa shape index (κ2) is 12.7. The predicted octanol–water partition coefficient (Wildman–Crippen LogP) is 7.69. The van der Waals surface area contributed by atoms with Crippen LogP contribution in [0.3, 0.4) is 0 Å². The van der Waals surface area contributed by atoms with Crippen molar-refractivity contribution < 1.29 is 27.3 Å². The molecule has 0 fully saturated rings. The van der Waals surface area contributed by atoms with Crippen molar-refractivity contribution in [3.05, 3.63) is 125 Å². The molecule has 244 valence electrons. The van der Waals surface area contributed by atoms with Crippen molar-refractivity contribution in [1.29, 1.82) is 0 Å². The quantitative estimate of drug-likeness (QED) is 0.101. The van der Waals surface area contributed by atoms with Crippen LogP contribution >= 0.6 is 0 Å². The highest BCUT2D eigenvalue weighted by Gasteiger charge is 2.24. The minimum Gasteiger partial charge on any atom is -0.744 e. The third kappa shape index (κ3) is 6.10. The molecule has 4 aromatic carbocycles. The van der Waals surface area contributed by atoms with Crippen LogP contribution in [0.15, 0.2) is 106 Å². The molecule has 0 saturated carbocycles. The van der Waals surface area contributed by atoms with Crippen LogP contribution in [0.5, 0.6) is 0 Å². The number of rotatable bonds is 8. The fraction of sp³-hybridized carbons (Fsp3) is 0.179. The molecule has 0 amide bonds. The zero-order valence-electron chi connectivity index (χ0n) is 27.4. The van der Waals surface area contributed by atoms with Crippen LogP contribution in [-0.2, 0) is 14.9 Å². The Bertz CT molecular complexity index is 2330. The standard InChI is InChI=1S/C39H36N2O6S/c1-24-10-8-11-25(2)38(24)40(5)28-16-18-30-33(22-28)47-34-23-29(41(21-20-36(42)43)39-26(3)12-9-13-27(39)4)17-19-31(34)37(30)32-14-6-7-15-35(32)48(44,45)46/h6-19,22-23H,20-21H2,1-5H3,(H-,42,43,44,45,46). The Balaban J connectivity index is 1.69. The summed E-state index contributed by atoms with van der Waals surface area (Å²) in [7, 11) is -2.83. The van der Waals surface area contributed by atoms with E-state index in [0.29, 0.717) is 33.5 Å². The number of para-hydroxylation sites is 2. The van der Waals surface area contributed by atoms with Gasteiger partial charge in [-0.2, -0.15) is 4.58 Å². The Morgan fingerprint density at radius 2 is 1.46 bits per heavy atom. The third-order valence-electron chi connectivity index (χ3n) is 8.85. The van der Waals surface area contributed by atoms with Gasteiger partial charge in [-0.15, -0.1) is 0 Å². The van der Waals surface area contributed by atoms with Crippen LogP contribution in [-0.4, -0.2) is 37.6 Å². The number of benzene rings is 5. The number of hydrogen-bond acceptors (Lipinski definition) is 6. The highest BCUT2D eigenvalue weighted by Crippen LogP contribution is 2.44. The van der Waals surface area contributed by atoms with Gasteiger partial charge >= 0.3 is 5.97 Å². The summed E-state index contributed by atoms with van der Waals surface area (Å²) in [5, 5.41) is 11.1. The first-order valence-electron chi connectivity index (χ1n) is 15.6. The molecule has 1 aliphatic heterocycles. The van der Waals surface area contributed by atoms with Gasteiger partial charge in [0.15, 0.2) is 0 Å². The number of carbonyl (C=O) groups is 1. The number of nitrogens with zero attached hydrogens (tertiary/aromatic N) is 2. The monoisotopic (exact) mass is 660 g/mol. The smallest absolute Gasteiger partial charge is 0.305 e. The molecule has 0 unspecified atom stereocenters. The van der Waals surface area contributed by atoms with Crippen LogP contribution in [0, 0.1) is 27.7 Å². The summed E-state index contributed by atoms with van der Waals surface area (Å²) in [6.07, 6.45) is -0.0886. The summed E-state index contributed by atoms with van der Waals surface area (Å²) in [6.45, 7) is 8.31. The van der Waals surface area contributed by atoms with Crippen molar-refractivity contribution in [2.24, 2.45) is 0 Å². The first kappa shape index (κ1) is 32.7. The molecule has 1 N–H and O–H groups in total. The molecule has 8 nitrogen and oxygen atoms in total. The first-order valence-corrected chi connectivity index (χ1v) is 17.0. The van der Waals surface area contributed by atoms with E-state index in [1.165, 1.54) is 12.1 Å². The Labute approximate surface area is 279 Å². The second-order valence-electron chi connectivity index (χ2n) is 12.1. The van der Waals surface area contributed by atoms with E-state index in [9.17, 15) is 22.9 Å². The molecule has 1 aliphatic carbocycles. The van der Waals surface area contributed by atoms with E-state index in [2.05, 4.69) is 30.6 Å². The van der Waals surface area contributed by atoms with Crippen LogP contribution in [0.1, 0.15) is 28.7 Å². The second-order valence-corrected chi connectivity index (χ2v) is 13.5. The lowest BCUT2D eigenvalue weighted by atomic mass is 9.93. The number of hydrogen-bond donors (Lipinski definition) is 1. The summed E-state index contributed by atoms with van der Waals surface area (Å²) in [6, 6.07) is 29.6. The van der Waals surface area contributed by atoms with Crippen LogP contribution in [0.4, 0.5) is 17.1 Å². The largest absolute Gasteiger partial charge is 0.744 e. The van der Waals surface area contributed by atoms with Gasteiger partial charge < -0.3 is 19.0 Å². The Morgan fingerprint density at radius 3 is 2.10 bits per heavy atom. The average molecular weight is 661 g/mol. The van der Waals surface area contributed by atoms with Gasteiger partial charge in [0.25, 0.3) is 0 Å². The Hall–Kier alpha value is -5.25. The third-order valence-corrected chi connectivity index (χ3v) is 9.74. The molecule has 4 aromatic rings. The number of carboxylic acid groups (broad SMARTS) is 1. The summed E-state index contributed by atoms with van der Waals surface area (Å²) < 4.78 is 46.3. The minimum absolute atomic E-state index is 0.0886. The molecule has 0 bridgehead atoms. The maximum atomic E-state index is 12.5. The predicted molar refractivity (Wildman–Crippen MR) is 188 cm³/mol.